The molecule has 0 amide bonds. The van der Waals surface area contributed by atoms with Crippen LogP contribution in [0.5, 0.6) is 5.75 Å². The molecule has 1 heterocycles. The Morgan fingerprint density at radius 2 is 1.59 bits per heavy atom. The molecule has 0 saturated heterocycles. The van der Waals surface area contributed by atoms with E-state index < -0.39 is 10.1 Å². The van der Waals surface area contributed by atoms with Gasteiger partial charge in [0.1, 0.15) is 22.8 Å². The van der Waals surface area contributed by atoms with Crippen LogP contribution in [0.15, 0.2) is 86.3 Å². The zero-order valence-corrected chi connectivity index (χ0v) is 16.1. The Morgan fingerprint density at radius 1 is 0.897 bits per heavy atom. The zero-order chi connectivity index (χ0) is 20.6. The largest absolute Gasteiger partial charge is 0.506 e. The third-order valence-corrected chi connectivity index (χ3v) is 5.31. The van der Waals surface area contributed by atoms with E-state index in [2.05, 4.69) is 10.2 Å². The number of phenolic OH excluding ortho intramolecular Hbond substituents is 1. The van der Waals surface area contributed by atoms with Crippen molar-refractivity contribution in [2.75, 3.05) is 0 Å². The van der Waals surface area contributed by atoms with Gasteiger partial charge in [0.25, 0.3) is 10.1 Å². The zero-order valence-electron chi connectivity index (χ0n) is 15.3. The summed E-state index contributed by atoms with van der Waals surface area (Å²) in [5.74, 6) is 0.625. The monoisotopic (exact) mass is 408 g/mol. The van der Waals surface area contributed by atoms with Crippen LogP contribution in [0.25, 0.3) is 22.1 Å². The molecule has 0 atom stereocenters. The molecule has 4 rings (SSSR count). The lowest BCUT2D eigenvalue weighted by atomic mass is 10.0. The number of fused-ring (bicyclic) bond motifs is 1. The molecule has 3 aromatic carbocycles. The van der Waals surface area contributed by atoms with E-state index in [-0.39, 0.29) is 16.3 Å². The first-order valence-corrected chi connectivity index (χ1v) is 10.1. The number of benzene rings is 3. The quantitative estimate of drug-likeness (QED) is 0.328. The highest BCUT2D eigenvalue weighted by Gasteiger charge is 2.19. The SMILES string of the molecule is Cc1oc2ccc(O)c(N=Nc3ccc(S(=O)(=O)O)cc3)c2c1-c1ccccc1. The maximum Gasteiger partial charge on any atom is 0.294 e. The molecule has 7 nitrogen and oxygen atoms in total. The Labute approximate surface area is 166 Å². The first-order valence-electron chi connectivity index (χ1n) is 8.64. The fourth-order valence-electron chi connectivity index (χ4n) is 3.13. The molecule has 4 aromatic rings. The van der Waals surface area contributed by atoms with Crippen molar-refractivity contribution < 1.29 is 22.5 Å². The van der Waals surface area contributed by atoms with Crippen LogP contribution in [-0.2, 0) is 10.1 Å². The van der Waals surface area contributed by atoms with Crippen LogP contribution in [0.3, 0.4) is 0 Å². The molecule has 2 N–H and O–H groups in total. The molecule has 0 unspecified atom stereocenters. The first kappa shape index (κ1) is 18.9. The van der Waals surface area contributed by atoms with Crippen molar-refractivity contribution >= 4 is 32.5 Å². The summed E-state index contributed by atoms with van der Waals surface area (Å²) >= 11 is 0. The first-order chi connectivity index (χ1) is 13.8. The average molecular weight is 408 g/mol. The van der Waals surface area contributed by atoms with Gasteiger partial charge >= 0.3 is 0 Å². The van der Waals surface area contributed by atoms with E-state index in [1.54, 1.807) is 6.07 Å². The second-order valence-electron chi connectivity index (χ2n) is 6.37. The molecule has 146 valence electrons. The number of phenols is 1. The highest BCUT2D eigenvalue weighted by molar-refractivity contribution is 7.85. The van der Waals surface area contributed by atoms with Gasteiger partial charge in [-0.3, -0.25) is 4.55 Å². The van der Waals surface area contributed by atoms with Gasteiger partial charge in [0.05, 0.1) is 16.0 Å². The van der Waals surface area contributed by atoms with Crippen molar-refractivity contribution in [3.8, 4) is 16.9 Å². The van der Waals surface area contributed by atoms with Gasteiger partial charge in [-0.25, -0.2) is 0 Å². The Bertz CT molecular complexity index is 1330. The third-order valence-electron chi connectivity index (χ3n) is 4.45. The van der Waals surface area contributed by atoms with E-state index in [9.17, 15) is 13.5 Å². The van der Waals surface area contributed by atoms with Crippen molar-refractivity contribution in [3.05, 3.63) is 72.5 Å². The summed E-state index contributed by atoms with van der Waals surface area (Å²) in [6.07, 6.45) is 0. The van der Waals surface area contributed by atoms with Gasteiger partial charge in [-0.1, -0.05) is 30.3 Å². The molecule has 0 aliphatic carbocycles. The van der Waals surface area contributed by atoms with Crippen LogP contribution in [0.2, 0.25) is 0 Å². The van der Waals surface area contributed by atoms with Gasteiger partial charge in [-0.2, -0.15) is 13.5 Å². The highest BCUT2D eigenvalue weighted by atomic mass is 32.2. The number of nitrogens with zero attached hydrogens (tertiary/aromatic N) is 2. The predicted molar refractivity (Wildman–Crippen MR) is 108 cm³/mol. The van der Waals surface area contributed by atoms with Crippen molar-refractivity contribution in [2.24, 2.45) is 10.2 Å². The fourth-order valence-corrected chi connectivity index (χ4v) is 3.61. The molecular weight excluding hydrogens is 392 g/mol. The van der Waals surface area contributed by atoms with E-state index in [4.69, 9.17) is 8.97 Å². The van der Waals surface area contributed by atoms with Crippen LogP contribution in [0.1, 0.15) is 5.76 Å². The van der Waals surface area contributed by atoms with Crippen molar-refractivity contribution in [2.45, 2.75) is 11.8 Å². The van der Waals surface area contributed by atoms with E-state index in [1.807, 2.05) is 37.3 Å². The fraction of sp³-hybridized carbons (Fsp3) is 0.0476. The maximum atomic E-state index is 11.1. The third kappa shape index (κ3) is 3.63. The summed E-state index contributed by atoms with van der Waals surface area (Å²) in [6, 6.07) is 18.0. The lowest BCUT2D eigenvalue weighted by Gasteiger charge is -2.04. The van der Waals surface area contributed by atoms with Crippen molar-refractivity contribution in [1.29, 1.82) is 0 Å². The lowest BCUT2D eigenvalue weighted by molar-refractivity contribution is 0.476. The van der Waals surface area contributed by atoms with Crippen LogP contribution in [-0.4, -0.2) is 18.1 Å². The number of hydrogen-bond acceptors (Lipinski definition) is 6. The second kappa shape index (κ2) is 7.16. The predicted octanol–water partition coefficient (Wildman–Crippen LogP) is 5.78. The summed E-state index contributed by atoms with van der Waals surface area (Å²) in [5.41, 5.74) is 2.90. The van der Waals surface area contributed by atoms with Gasteiger partial charge in [0.2, 0.25) is 0 Å². The minimum atomic E-state index is -4.28. The van der Waals surface area contributed by atoms with E-state index in [0.29, 0.717) is 22.4 Å². The Balaban J connectivity index is 1.83. The molecule has 0 radical (unpaired) electrons. The number of azo groups is 1. The second-order valence-corrected chi connectivity index (χ2v) is 7.80. The van der Waals surface area contributed by atoms with Crippen LogP contribution < -0.4 is 0 Å². The Kier molecular flexibility index (Phi) is 4.65. The minimum Gasteiger partial charge on any atom is -0.506 e. The molecule has 29 heavy (non-hydrogen) atoms. The molecule has 8 heteroatoms. The smallest absolute Gasteiger partial charge is 0.294 e. The minimum absolute atomic E-state index is 0.0613. The highest BCUT2D eigenvalue weighted by Crippen LogP contribution is 2.44. The molecule has 0 aliphatic rings. The standard InChI is InChI=1S/C21H16N2O5S/c1-13-19(14-5-3-2-4-6-14)20-18(28-13)12-11-17(24)21(20)23-22-15-7-9-16(10-8-15)29(25,26)27/h2-12,24H,1H3,(H,25,26,27). The van der Waals surface area contributed by atoms with Crippen LogP contribution >= 0.6 is 0 Å². The van der Waals surface area contributed by atoms with E-state index >= 15 is 0 Å². The summed E-state index contributed by atoms with van der Waals surface area (Å²) in [4.78, 5) is -0.238. The number of rotatable bonds is 4. The van der Waals surface area contributed by atoms with Crippen molar-refractivity contribution in [3.63, 3.8) is 0 Å². The van der Waals surface area contributed by atoms with Crippen molar-refractivity contribution in [1.82, 2.24) is 0 Å². The molecule has 0 bridgehead atoms. The molecule has 0 fully saturated rings. The van der Waals surface area contributed by atoms with Gasteiger partial charge in [0.15, 0.2) is 0 Å². The molecule has 0 spiro atoms. The number of hydrogen-bond donors (Lipinski definition) is 2. The topological polar surface area (TPSA) is 112 Å². The van der Waals surface area contributed by atoms with Crippen LogP contribution in [0.4, 0.5) is 11.4 Å². The maximum absolute atomic E-state index is 11.1. The van der Waals surface area contributed by atoms with Crippen LogP contribution in [0, 0.1) is 6.92 Å². The number of furan rings is 1. The Morgan fingerprint density at radius 3 is 2.24 bits per heavy atom. The van der Waals surface area contributed by atoms with E-state index in [0.717, 1.165) is 11.1 Å². The molecule has 1 aromatic heterocycles. The molecule has 0 aliphatic heterocycles. The van der Waals surface area contributed by atoms with Gasteiger partial charge in [0, 0.05) is 5.56 Å². The normalized spacial score (nSPS) is 12.1. The number of aryl methyl sites for hydroxylation is 1. The van der Waals surface area contributed by atoms with E-state index in [1.165, 1.54) is 30.3 Å². The summed E-state index contributed by atoms with van der Waals surface area (Å²) in [7, 11) is -4.28. The summed E-state index contributed by atoms with van der Waals surface area (Å²) in [5, 5.41) is 19.3. The number of aromatic hydroxyl groups is 1. The van der Waals surface area contributed by atoms with Gasteiger partial charge in [-0.05, 0) is 48.9 Å². The molecule has 0 saturated carbocycles. The molecular formula is C21H16N2O5S. The van der Waals surface area contributed by atoms with Gasteiger partial charge < -0.3 is 9.52 Å². The van der Waals surface area contributed by atoms with Gasteiger partial charge in [-0.15, -0.1) is 5.11 Å². The lowest BCUT2D eigenvalue weighted by Crippen LogP contribution is -1.96. The summed E-state index contributed by atoms with van der Waals surface area (Å²) < 4.78 is 37.2. The Hall–Kier alpha value is -3.49. The average Bonchev–Trinajstić information content (AvgIpc) is 3.03. The summed E-state index contributed by atoms with van der Waals surface area (Å²) in [6.45, 7) is 1.84.